The number of rotatable bonds is 2. The highest BCUT2D eigenvalue weighted by Gasteiger charge is 2.43. The number of aliphatic hydroxyl groups excluding tert-OH is 2. The van der Waals surface area contributed by atoms with Crippen LogP contribution in [0.25, 0.3) is 0 Å². The first kappa shape index (κ1) is 8.86. The molecular weight excluding hydrogens is 155 g/mol. The Kier molecular flexibility index (Phi) is 2.78. The minimum Gasteiger partial charge on any atom is -0.394 e. The highest BCUT2D eigenvalue weighted by Crippen LogP contribution is 2.23. The summed E-state index contributed by atoms with van der Waals surface area (Å²) < 4.78 is 22.2. The molecule has 5 heteroatoms. The molecule has 1 aliphatic heterocycles. The van der Waals surface area contributed by atoms with Crippen molar-refractivity contribution >= 4 is 0 Å². The van der Waals surface area contributed by atoms with Crippen molar-refractivity contribution in [2.24, 2.45) is 0 Å². The van der Waals surface area contributed by atoms with Crippen LogP contribution in [-0.4, -0.2) is 48.6 Å². The van der Waals surface area contributed by atoms with E-state index in [1.807, 2.05) is 0 Å². The van der Waals surface area contributed by atoms with Gasteiger partial charge in [0.25, 0.3) is 0 Å². The third-order valence-corrected chi connectivity index (χ3v) is 1.69. The zero-order valence-corrected chi connectivity index (χ0v) is 6.11. The van der Waals surface area contributed by atoms with Gasteiger partial charge in [0.05, 0.1) is 6.61 Å². The van der Waals surface area contributed by atoms with Gasteiger partial charge in [0.15, 0.2) is 12.5 Å². The molecule has 1 fully saturated rings. The molecule has 0 spiro atoms. The normalized spacial score (nSPS) is 44.7. The molecule has 0 aliphatic carbocycles. The molecule has 0 saturated carbocycles. The van der Waals surface area contributed by atoms with Crippen molar-refractivity contribution in [2.75, 3.05) is 13.7 Å². The van der Waals surface area contributed by atoms with Crippen LogP contribution in [0.1, 0.15) is 0 Å². The Morgan fingerprint density at radius 1 is 1.64 bits per heavy atom. The van der Waals surface area contributed by atoms with Crippen molar-refractivity contribution in [1.82, 2.24) is 0 Å². The van der Waals surface area contributed by atoms with E-state index in [1.165, 1.54) is 7.11 Å². The quantitative estimate of drug-likeness (QED) is 0.555. The van der Waals surface area contributed by atoms with Gasteiger partial charge in [-0.3, -0.25) is 0 Å². The third kappa shape index (κ3) is 1.51. The van der Waals surface area contributed by atoms with Crippen LogP contribution in [-0.2, 0) is 9.47 Å². The maximum atomic E-state index is 12.8. The fourth-order valence-electron chi connectivity index (χ4n) is 1.03. The van der Waals surface area contributed by atoms with Crippen LogP contribution in [0, 0.1) is 0 Å². The Bertz CT molecular complexity index is 114. The van der Waals surface area contributed by atoms with E-state index < -0.39 is 31.3 Å². The van der Waals surface area contributed by atoms with Gasteiger partial charge in [-0.15, -0.1) is 0 Å². The fraction of sp³-hybridized carbons (Fsp3) is 1.00. The molecule has 1 aliphatic rings. The molecule has 66 valence electrons. The van der Waals surface area contributed by atoms with Gasteiger partial charge in [0, 0.05) is 7.11 Å². The van der Waals surface area contributed by atoms with Gasteiger partial charge in [0.1, 0.15) is 12.2 Å². The summed E-state index contributed by atoms with van der Waals surface area (Å²) in [7, 11) is 1.28. The van der Waals surface area contributed by atoms with Crippen LogP contribution in [0.15, 0.2) is 0 Å². The summed E-state index contributed by atoms with van der Waals surface area (Å²) in [4.78, 5) is 0. The van der Waals surface area contributed by atoms with E-state index in [-0.39, 0.29) is 0 Å². The summed E-state index contributed by atoms with van der Waals surface area (Å²) in [6, 6.07) is 0. The van der Waals surface area contributed by atoms with Gasteiger partial charge in [0.2, 0.25) is 0 Å². The molecular formula is C6H11FO4. The number of hydrogen-bond donors (Lipinski definition) is 2. The monoisotopic (exact) mass is 166 g/mol. The molecule has 1 unspecified atom stereocenters. The second-order valence-electron chi connectivity index (χ2n) is 2.40. The van der Waals surface area contributed by atoms with Crippen molar-refractivity contribution in [3.63, 3.8) is 0 Å². The first-order valence-electron chi connectivity index (χ1n) is 3.32. The molecule has 1 rings (SSSR count). The molecule has 4 nitrogen and oxygen atoms in total. The van der Waals surface area contributed by atoms with Gasteiger partial charge < -0.3 is 19.7 Å². The first-order valence-corrected chi connectivity index (χ1v) is 3.32. The summed E-state index contributed by atoms with van der Waals surface area (Å²) in [5.74, 6) is 0. The van der Waals surface area contributed by atoms with E-state index in [9.17, 15) is 4.39 Å². The lowest BCUT2D eigenvalue weighted by Crippen LogP contribution is -2.31. The van der Waals surface area contributed by atoms with Crippen molar-refractivity contribution in [3.05, 3.63) is 0 Å². The molecule has 4 atom stereocenters. The van der Waals surface area contributed by atoms with E-state index in [2.05, 4.69) is 4.74 Å². The lowest BCUT2D eigenvalue weighted by atomic mass is 10.2. The van der Waals surface area contributed by atoms with E-state index in [4.69, 9.17) is 14.9 Å². The zero-order valence-electron chi connectivity index (χ0n) is 6.11. The van der Waals surface area contributed by atoms with Gasteiger partial charge in [-0.25, -0.2) is 4.39 Å². The lowest BCUT2D eigenvalue weighted by molar-refractivity contribution is -0.141. The Morgan fingerprint density at radius 3 is 2.55 bits per heavy atom. The van der Waals surface area contributed by atoms with E-state index in [0.717, 1.165) is 0 Å². The van der Waals surface area contributed by atoms with Crippen LogP contribution in [0.4, 0.5) is 4.39 Å². The zero-order chi connectivity index (χ0) is 8.43. The number of hydrogen-bond acceptors (Lipinski definition) is 4. The molecule has 0 aromatic carbocycles. The molecule has 0 amide bonds. The smallest absolute Gasteiger partial charge is 0.191 e. The van der Waals surface area contributed by atoms with Gasteiger partial charge >= 0.3 is 0 Å². The average molecular weight is 166 g/mol. The molecule has 1 heterocycles. The van der Waals surface area contributed by atoms with Gasteiger partial charge in [-0.2, -0.15) is 0 Å². The molecule has 1 saturated heterocycles. The largest absolute Gasteiger partial charge is 0.394 e. The Morgan fingerprint density at radius 2 is 2.27 bits per heavy atom. The maximum absolute atomic E-state index is 12.8. The molecule has 2 N–H and O–H groups in total. The van der Waals surface area contributed by atoms with Crippen LogP contribution in [0.5, 0.6) is 0 Å². The number of halogens is 1. The van der Waals surface area contributed by atoms with Crippen molar-refractivity contribution < 1.29 is 24.1 Å². The van der Waals surface area contributed by atoms with Crippen molar-refractivity contribution in [1.29, 1.82) is 0 Å². The van der Waals surface area contributed by atoms with Gasteiger partial charge in [-0.05, 0) is 0 Å². The van der Waals surface area contributed by atoms with Crippen molar-refractivity contribution in [2.45, 2.75) is 24.7 Å². The van der Waals surface area contributed by atoms with Gasteiger partial charge in [-0.1, -0.05) is 0 Å². The van der Waals surface area contributed by atoms with Crippen LogP contribution in [0.3, 0.4) is 0 Å². The minimum atomic E-state index is -1.57. The second kappa shape index (κ2) is 3.44. The predicted molar refractivity (Wildman–Crippen MR) is 33.7 cm³/mol. The van der Waals surface area contributed by atoms with Crippen LogP contribution < -0.4 is 0 Å². The summed E-state index contributed by atoms with van der Waals surface area (Å²) in [5, 5.41) is 17.6. The highest BCUT2D eigenvalue weighted by atomic mass is 19.1. The summed E-state index contributed by atoms with van der Waals surface area (Å²) >= 11 is 0. The molecule has 0 aromatic heterocycles. The molecule has 11 heavy (non-hydrogen) atoms. The number of aliphatic hydroxyl groups is 2. The third-order valence-electron chi connectivity index (χ3n) is 1.69. The number of ether oxygens (including phenoxy) is 2. The summed E-state index contributed by atoms with van der Waals surface area (Å²) in [5.41, 5.74) is 0. The second-order valence-corrected chi connectivity index (χ2v) is 2.40. The van der Waals surface area contributed by atoms with Crippen LogP contribution in [0.2, 0.25) is 0 Å². The SMILES string of the molecule is COC1O[C@@H](CO)[C@H](O)[C@@H]1F. The topological polar surface area (TPSA) is 58.9 Å². The Balaban J connectivity index is 2.53. The average Bonchev–Trinajstić information content (AvgIpc) is 2.30. The minimum absolute atomic E-state index is 0.401. The molecule has 0 radical (unpaired) electrons. The molecule has 0 bridgehead atoms. The first-order chi connectivity index (χ1) is 5.20. The number of alkyl halides is 1. The molecule has 0 aromatic rings. The lowest BCUT2D eigenvalue weighted by Gasteiger charge is -2.09. The highest BCUT2D eigenvalue weighted by molar-refractivity contribution is 4.86. The fourth-order valence-corrected chi connectivity index (χ4v) is 1.03. The predicted octanol–water partition coefficient (Wildman–Crippen LogP) is -0.951. The van der Waals surface area contributed by atoms with E-state index in [0.29, 0.717) is 0 Å². The van der Waals surface area contributed by atoms with E-state index in [1.54, 1.807) is 0 Å². The maximum Gasteiger partial charge on any atom is 0.191 e. The van der Waals surface area contributed by atoms with E-state index >= 15 is 0 Å². The van der Waals surface area contributed by atoms with Crippen molar-refractivity contribution in [3.8, 4) is 0 Å². The number of methoxy groups -OCH3 is 1. The summed E-state index contributed by atoms with van der Waals surface area (Å²) in [6.45, 7) is -0.401. The Labute approximate surface area is 63.5 Å². The standard InChI is InChI=1S/C6H11FO4/c1-10-6-4(7)5(9)3(2-8)11-6/h3-6,8-9H,2H2,1H3/t3-,4-,5-,6?/m0/s1. The Hall–Kier alpha value is -0.230. The van der Waals surface area contributed by atoms with Crippen LogP contribution >= 0.6 is 0 Å². The summed E-state index contributed by atoms with van der Waals surface area (Å²) in [6.07, 6.45) is -4.78.